The lowest BCUT2D eigenvalue weighted by Crippen LogP contribution is -2.40. The van der Waals surface area contributed by atoms with Crippen molar-refractivity contribution in [2.24, 2.45) is 0 Å². The van der Waals surface area contributed by atoms with E-state index >= 15 is 0 Å². The van der Waals surface area contributed by atoms with Crippen LogP contribution in [-0.4, -0.2) is 78.9 Å². The molecule has 0 bridgehead atoms. The summed E-state index contributed by atoms with van der Waals surface area (Å²) in [4.78, 5) is 66.6. The fourth-order valence-electron chi connectivity index (χ4n) is 1.68. The van der Waals surface area contributed by atoms with Crippen molar-refractivity contribution in [2.75, 3.05) is 38.8 Å². The molecule has 0 aliphatic rings. The number of amides is 1. The summed E-state index contributed by atoms with van der Waals surface area (Å²) in [5, 5.41) is 5.74. The molecule has 0 saturated heterocycles. The zero-order chi connectivity index (χ0) is 17.2. The van der Waals surface area contributed by atoms with Crippen LogP contribution < -0.4 is 10.6 Å². The molecule has 0 rings (SSSR count). The van der Waals surface area contributed by atoms with Crippen LogP contribution in [0, 0.1) is 0 Å². The Morgan fingerprint density at radius 3 is 1.95 bits per heavy atom. The minimum atomic E-state index is -4.24. The van der Waals surface area contributed by atoms with Crippen LogP contribution in [0.4, 0.5) is 0 Å². The largest absolute Gasteiger partial charge is 0.419 e. The molecule has 1 amide bonds. The van der Waals surface area contributed by atoms with Crippen LogP contribution in [0.5, 0.6) is 0 Å². The van der Waals surface area contributed by atoms with Gasteiger partial charge in [0, 0.05) is 6.54 Å². The second-order valence-corrected chi connectivity index (χ2v) is 8.29. The molecule has 0 heterocycles. The molecule has 0 aliphatic heterocycles. The van der Waals surface area contributed by atoms with Gasteiger partial charge in [0.2, 0.25) is 5.91 Å². The molecule has 132 valence electrons. The average molecular weight is 363 g/mol. The summed E-state index contributed by atoms with van der Waals surface area (Å²) < 4.78 is 0. The number of hydrogen-bond acceptors (Lipinski definition) is 9. The summed E-state index contributed by atoms with van der Waals surface area (Å²) >= 11 is 0. The third-order valence-electron chi connectivity index (χ3n) is 2.43. The Labute approximate surface area is 130 Å². The molecule has 0 saturated carbocycles. The Morgan fingerprint density at radius 1 is 0.955 bits per heavy atom. The highest BCUT2D eigenvalue weighted by Gasteiger charge is 2.41. The van der Waals surface area contributed by atoms with Crippen LogP contribution in [0.1, 0.15) is 19.8 Å². The Balaban J connectivity index is 4.15. The van der Waals surface area contributed by atoms with Crippen molar-refractivity contribution in [1.29, 1.82) is 0 Å². The van der Waals surface area contributed by atoms with Crippen molar-refractivity contribution in [3.8, 4) is 0 Å². The van der Waals surface area contributed by atoms with Gasteiger partial charge in [0.15, 0.2) is 12.6 Å². The van der Waals surface area contributed by atoms with Crippen LogP contribution in [-0.2, 0) is 4.79 Å². The molecule has 0 atom stereocenters. The van der Waals surface area contributed by atoms with Gasteiger partial charge in [0.25, 0.3) is 0 Å². The van der Waals surface area contributed by atoms with Crippen molar-refractivity contribution >= 4 is 21.8 Å². The maximum atomic E-state index is 11.7. The molecule has 0 spiro atoms. The van der Waals surface area contributed by atoms with Gasteiger partial charge in [-0.05, 0) is 25.9 Å². The first kappa shape index (κ1) is 22.0. The highest BCUT2D eigenvalue weighted by atomic mass is 31.2. The van der Waals surface area contributed by atoms with Crippen molar-refractivity contribution in [1.82, 2.24) is 15.5 Å². The number of hydrogen-bond donors (Lipinski definition) is 8. The van der Waals surface area contributed by atoms with Crippen LogP contribution in [0.2, 0.25) is 0 Å². The fourth-order valence-corrected chi connectivity index (χ4v) is 3.31. The quantitative estimate of drug-likeness (QED) is 0.147. The molecular weight excluding hydrogens is 336 g/mol. The summed E-state index contributed by atoms with van der Waals surface area (Å²) in [7, 11) is -8.48. The van der Waals surface area contributed by atoms with E-state index in [-0.39, 0.29) is 0 Å². The van der Waals surface area contributed by atoms with Crippen molar-refractivity contribution in [3.63, 3.8) is 0 Å². The highest BCUT2D eigenvalue weighted by Crippen LogP contribution is 2.49. The summed E-state index contributed by atoms with van der Waals surface area (Å²) in [6, 6.07) is 0. The first-order valence-corrected chi connectivity index (χ1v) is 10.5. The van der Waals surface area contributed by atoms with Gasteiger partial charge in [0.05, 0.1) is 6.54 Å². The molecule has 8 N–H and O–H groups in total. The van der Waals surface area contributed by atoms with Gasteiger partial charge in [-0.15, -0.1) is 0 Å². The first-order chi connectivity index (χ1) is 10.0. The van der Waals surface area contributed by atoms with E-state index in [9.17, 15) is 4.79 Å². The molecule has 0 aromatic carbocycles. The monoisotopic (exact) mass is 363 g/mol. The van der Waals surface area contributed by atoms with E-state index in [1.165, 1.54) is 0 Å². The molecule has 0 unspecified atom stereocenters. The number of nitrogens with zero attached hydrogens (tertiary/aromatic N) is 1. The van der Waals surface area contributed by atoms with Gasteiger partial charge in [-0.2, -0.15) is 29.4 Å². The third kappa shape index (κ3) is 14.9. The van der Waals surface area contributed by atoms with Crippen LogP contribution in [0.3, 0.4) is 0 Å². The van der Waals surface area contributed by atoms with Gasteiger partial charge in [-0.25, -0.2) is 4.90 Å². The highest BCUT2D eigenvalue weighted by molar-refractivity contribution is 7.59. The van der Waals surface area contributed by atoms with Crippen LogP contribution in [0.25, 0.3) is 0 Å². The summed E-state index contributed by atoms with van der Waals surface area (Å²) in [6.07, 6.45) is 0.257. The minimum Gasteiger partial charge on any atom is -0.355 e. The van der Waals surface area contributed by atoms with Crippen LogP contribution in [0.15, 0.2) is 0 Å². The standard InChI is InChI=1S/C10H26N3O7P2/c1-2-4-11-5-3-6-12-10(14)7-13(8-21(15,16)17)9-22(18,19)20/h11,15-20H,2-9H2,1H3/q+1/p+1. The van der Waals surface area contributed by atoms with Crippen LogP contribution >= 0.6 is 15.9 Å². The van der Waals surface area contributed by atoms with E-state index in [4.69, 9.17) is 29.4 Å². The Bertz CT molecular complexity index is 307. The molecular formula is C10H27N3O7P2+2. The summed E-state index contributed by atoms with van der Waals surface area (Å²) in [5.74, 6) is -0.489. The lowest BCUT2D eigenvalue weighted by Gasteiger charge is -2.20. The first-order valence-electron chi connectivity index (χ1n) is 6.86. The van der Waals surface area contributed by atoms with E-state index < -0.39 is 40.9 Å². The topological polar surface area (TPSA) is 166 Å². The fraction of sp³-hybridized carbons (Fsp3) is 0.900. The molecule has 10 nitrogen and oxygen atoms in total. The molecule has 22 heavy (non-hydrogen) atoms. The number of carbonyl (C=O) groups is 1. The van der Waals surface area contributed by atoms with Crippen molar-refractivity contribution in [2.45, 2.75) is 19.8 Å². The van der Waals surface area contributed by atoms with Gasteiger partial charge < -0.3 is 10.6 Å². The SMILES string of the molecule is CCCNCCCNC(=O)CN(C[P+](O)(O)O)C[P+](O)(O)O. The molecule has 0 radical (unpaired) electrons. The zero-order valence-corrected chi connectivity index (χ0v) is 14.4. The second-order valence-electron chi connectivity index (χ2n) is 4.95. The van der Waals surface area contributed by atoms with E-state index in [1.54, 1.807) is 0 Å². The number of rotatable bonds is 12. The molecule has 0 aliphatic carbocycles. The van der Waals surface area contributed by atoms with E-state index in [0.29, 0.717) is 13.0 Å². The third-order valence-corrected chi connectivity index (χ3v) is 3.98. The van der Waals surface area contributed by atoms with E-state index in [0.717, 1.165) is 24.4 Å². The summed E-state index contributed by atoms with van der Waals surface area (Å²) in [6.45, 7) is 3.68. The van der Waals surface area contributed by atoms with Gasteiger partial charge in [-0.3, -0.25) is 4.79 Å². The Hall–Kier alpha value is 0.01000. The van der Waals surface area contributed by atoms with E-state index in [2.05, 4.69) is 10.6 Å². The lowest BCUT2D eigenvalue weighted by atomic mass is 10.4. The van der Waals surface area contributed by atoms with Gasteiger partial charge >= 0.3 is 15.9 Å². The predicted molar refractivity (Wildman–Crippen MR) is 84.4 cm³/mol. The zero-order valence-electron chi connectivity index (χ0n) is 12.6. The lowest BCUT2D eigenvalue weighted by molar-refractivity contribution is -0.121. The minimum absolute atomic E-state index is 0.401. The Morgan fingerprint density at radius 2 is 1.50 bits per heavy atom. The maximum Gasteiger partial charge on any atom is 0.419 e. The van der Waals surface area contributed by atoms with Crippen molar-refractivity contribution in [3.05, 3.63) is 0 Å². The number of nitrogens with one attached hydrogen (secondary N) is 2. The van der Waals surface area contributed by atoms with Gasteiger partial charge in [-0.1, -0.05) is 6.92 Å². The predicted octanol–water partition coefficient (Wildman–Crippen LogP) is -1.81. The molecule has 0 fully saturated rings. The molecule has 0 aromatic heterocycles. The molecule has 0 aromatic rings. The Kier molecular flexibility index (Phi) is 10.7. The average Bonchev–Trinajstić information content (AvgIpc) is 2.29. The maximum absolute atomic E-state index is 11.7. The van der Waals surface area contributed by atoms with E-state index in [1.807, 2.05) is 6.92 Å². The smallest absolute Gasteiger partial charge is 0.355 e. The number of carbonyl (C=O) groups excluding carboxylic acids is 1. The second kappa shape index (κ2) is 10.7. The van der Waals surface area contributed by atoms with Gasteiger partial charge in [0.1, 0.15) is 0 Å². The summed E-state index contributed by atoms with van der Waals surface area (Å²) in [5.41, 5.74) is 0. The van der Waals surface area contributed by atoms with Crippen molar-refractivity contribution < 1.29 is 34.2 Å². The molecule has 12 heteroatoms. The normalized spacial score (nSPS) is 12.7.